The van der Waals surface area contributed by atoms with Crippen LogP contribution in [0.2, 0.25) is 0 Å². The van der Waals surface area contributed by atoms with Crippen LogP contribution in [0.15, 0.2) is 128 Å². The lowest BCUT2D eigenvalue weighted by atomic mass is 10.1. The Bertz CT molecular complexity index is 2110. The quantitative estimate of drug-likeness (QED) is 0.0937. The molecule has 0 saturated heterocycles. The number of azo groups is 2. The number of nitrogens with one attached hydrogen (secondary N) is 3. The summed E-state index contributed by atoms with van der Waals surface area (Å²) in [7, 11) is -4.76. The summed E-state index contributed by atoms with van der Waals surface area (Å²) in [5.74, 6) is -1.41. The number of hydrogen-bond donors (Lipinski definition) is 4. The van der Waals surface area contributed by atoms with Crippen molar-refractivity contribution in [3.63, 3.8) is 0 Å². The van der Waals surface area contributed by atoms with Crippen LogP contribution in [0.25, 0.3) is 10.8 Å². The highest BCUT2D eigenvalue weighted by atomic mass is 32.2. The van der Waals surface area contributed by atoms with Gasteiger partial charge in [-0.05, 0) is 35.7 Å². The normalized spacial score (nSPS) is 11.5. The first-order valence-electron chi connectivity index (χ1n) is 13.6. The van der Waals surface area contributed by atoms with Crippen LogP contribution in [0.5, 0.6) is 0 Å². The predicted molar refractivity (Wildman–Crippen MR) is 175 cm³/mol. The van der Waals surface area contributed by atoms with E-state index < -0.39 is 38.1 Å². The van der Waals surface area contributed by atoms with Gasteiger partial charge in [-0.15, -0.1) is 15.3 Å². The Kier molecular flexibility index (Phi) is 9.31. The van der Waals surface area contributed by atoms with Crippen LogP contribution in [0, 0.1) is 0 Å². The molecule has 0 aliphatic carbocycles. The molecule has 0 aliphatic heterocycles. The molecule has 5 rings (SSSR count). The maximum absolute atomic E-state index is 13.4. The third kappa shape index (κ3) is 6.99. The minimum Gasteiger partial charge on any atom is -0.325 e. The SMILES string of the molecule is CC(=O)Nc1c(NC=O)c(N=Nc2cccc3ccccc23)c(N=Nc2ccccc2)c(S(N)(=O)=O)c1NC(=O)c1ccccc1. The summed E-state index contributed by atoms with van der Waals surface area (Å²) in [6, 6.07) is 29.0. The van der Waals surface area contributed by atoms with Gasteiger partial charge in [0, 0.05) is 17.9 Å². The number of nitrogens with zero attached hydrogens (tertiary/aromatic N) is 4. The molecule has 5 aromatic rings. The van der Waals surface area contributed by atoms with Gasteiger partial charge in [-0.25, -0.2) is 13.6 Å². The number of nitrogens with two attached hydrogens (primary N) is 1. The fourth-order valence-corrected chi connectivity index (χ4v) is 5.41. The summed E-state index contributed by atoms with van der Waals surface area (Å²) in [6.07, 6.45) is 0.287. The van der Waals surface area contributed by atoms with E-state index in [4.69, 9.17) is 5.14 Å². The first-order valence-corrected chi connectivity index (χ1v) is 15.2. The van der Waals surface area contributed by atoms with Gasteiger partial charge in [-0.2, -0.15) is 5.11 Å². The van der Waals surface area contributed by atoms with E-state index in [9.17, 15) is 22.8 Å². The molecule has 0 radical (unpaired) electrons. The van der Waals surface area contributed by atoms with E-state index in [2.05, 4.69) is 36.4 Å². The number of fused-ring (bicyclic) bond motifs is 1. The number of sulfonamides is 1. The molecule has 0 atom stereocenters. The van der Waals surface area contributed by atoms with Gasteiger partial charge in [-0.3, -0.25) is 14.4 Å². The van der Waals surface area contributed by atoms with Crippen molar-refractivity contribution in [1.82, 2.24) is 0 Å². The average Bonchev–Trinajstić information content (AvgIpc) is 3.05. The summed E-state index contributed by atoms with van der Waals surface area (Å²) in [6.45, 7) is 1.16. The predicted octanol–water partition coefficient (Wildman–Crippen LogP) is 7.10. The van der Waals surface area contributed by atoms with Crippen molar-refractivity contribution in [3.8, 4) is 0 Å². The molecular formula is C32H26N8O5S. The molecule has 46 heavy (non-hydrogen) atoms. The zero-order chi connectivity index (χ0) is 32.7. The van der Waals surface area contributed by atoms with E-state index in [0.717, 1.165) is 17.7 Å². The Morgan fingerprint density at radius 3 is 2.00 bits per heavy atom. The van der Waals surface area contributed by atoms with Gasteiger partial charge < -0.3 is 16.0 Å². The van der Waals surface area contributed by atoms with Crippen LogP contribution in [0.1, 0.15) is 17.3 Å². The van der Waals surface area contributed by atoms with Crippen molar-refractivity contribution in [3.05, 3.63) is 109 Å². The Labute approximate surface area is 263 Å². The van der Waals surface area contributed by atoms with Crippen LogP contribution in [-0.2, 0) is 19.6 Å². The van der Waals surface area contributed by atoms with E-state index in [-0.39, 0.29) is 29.0 Å². The van der Waals surface area contributed by atoms with Gasteiger partial charge in [-0.1, -0.05) is 72.8 Å². The van der Waals surface area contributed by atoms with Gasteiger partial charge in [0.1, 0.15) is 16.3 Å². The van der Waals surface area contributed by atoms with Crippen molar-refractivity contribution in [2.75, 3.05) is 16.0 Å². The number of primary sulfonamides is 1. The lowest BCUT2D eigenvalue weighted by molar-refractivity contribution is -0.114. The number of carbonyl (C=O) groups excluding carboxylic acids is 3. The van der Waals surface area contributed by atoms with Crippen LogP contribution < -0.4 is 21.1 Å². The summed E-state index contributed by atoms with van der Waals surface area (Å²) in [4.78, 5) is 37.0. The molecule has 0 bridgehead atoms. The Hall–Kier alpha value is -6.12. The van der Waals surface area contributed by atoms with Crippen LogP contribution in [-0.4, -0.2) is 26.6 Å². The number of amides is 3. The van der Waals surface area contributed by atoms with Crippen molar-refractivity contribution in [2.24, 2.45) is 25.6 Å². The molecule has 0 fully saturated rings. The molecule has 0 saturated carbocycles. The molecule has 13 nitrogen and oxygen atoms in total. The molecule has 0 unspecified atom stereocenters. The smallest absolute Gasteiger partial charge is 0.255 e. The molecule has 0 aliphatic rings. The molecule has 5 aromatic carbocycles. The molecule has 5 N–H and O–H groups in total. The summed E-state index contributed by atoms with van der Waals surface area (Å²) >= 11 is 0. The average molecular weight is 635 g/mol. The van der Waals surface area contributed by atoms with Gasteiger partial charge in [0.05, 0.1) is 28.4 Å². The molecule has 230 valence electrons. The summed E-state index contributed by atoms with van der Waals surface area (Å²) in [5.41, 5.74) is -0.894. The second-order valence-electron chi connectivity index (χ2n) is 9.69. The minimum atomic E-state index is -4.76. The molecule has 0 aromatic heterocycles. The van der Waals surface area contributed by atoms with Crippen molar-refractivity contribution < 1.29 is 22.8 Å². The highest BCUT2D eigenvalue weighted by molar-refractivity contribution is 7.89. The minimum absolute atomic E-state index is 0.161. The highest BCUT2D eigenvalue weighted by Crippen LogP contribution is 2.52. The Balaban J connectivity index is 1.87. The zero-order valence-corrected chi connectivity index (χ0v) is 25.0. The number of hydrogen-bond acceptors (Lipinski definition) is 9. The Morgan fingerprint density at radius 1 is 0.696 bits per heavy atom. The molecule has 3 amide bonds. The molecule has 0 heterocycles. The second kappa shape index (κ2) is 13.7. The van der Waals surface area contributed by atoms with E-state index in [1.165, 1.54) is 12.1 Å². The largest absolute Gasteiger partial charge is 0.325 e. The van der Waals surface area contributed by atoms with Gasteiger partial charge in [0.25, 0.3) is 5.91 Å². The molecular weight excluding hydrogens is 608 g/mol. The molecule has 0 spiro atoms. The van der Waals surface area contributed by atoms with Crippen LogP contribution in [0.3, 0.4) is 0 Å². The molecule has 14 heteroatoms. The first kappa shape index (κ1) is 31.3. The standard InChI is InChI=1S/C32H26N8O5S/c1-20(42)35-27-26(34-19-41)28(39-38-25-18-10-14-21-11-8-9-17-24(21)25)30(40-37-23-15-6-3-7-16-23)31(46(33,44)45)29(27)36-32(43)22-12-4-2-5-13-22/h2-19H,1H3,(H,34,41)(H,35,42)(H,36,43)(H2,33,44,45). The van der Waals surface area contributed by atoms with Gasteiger partial charge in [0.2, 0.25) is 22.3 Å². The lowest BCUT2D eigenvalue weighted by Gasteiger charge is -2.21. The fraction of sp³-hybridized carbons (Fsp3) is 0.0312. The Morgan fingerprint density at radius 2 is 1.33 bits per heavy atom. The maximum atomic E-state index is 13.4. The van der Waals surface area contributed by atoms with Gasteiger partial charge >= 0.3 is 0 Å². The van der Waals surface area contributed by atoms with Crippen LogP contribution in [0.4, 0.5) is 39.8 Å². The van der Waals surface area contributed by atoms with Crippen molar-refractivity contribution in [1.29, 1.82) is 0 Å². The third-order valence-electron chi connectivity index (χ3n) is 6.51. The van der Waals surface area contributed by atoms with Crippen molar-refractivity contribution in [2.45, 2.75) is 11.8 Å². The topological polar surface area (TPSA) is 197 Å². The maximum Gasteiger partial charge on any atom is 0.255 e. The lowest BCUT2D eigenvalue weighted by Crippen LogP contribution is -2.22. The zero-order valence-electron chi connectivity index (χ0n) is 24.2. The van der Waals surface area contributed by atoms with Gasteiger partial charge in [0.15, 0.2) is 0 Å². The first-order chi connectivity index (χ1) is 22.2. The fourth-order valence-electron chi connectivity index (χ4n) is 4.57. The summed E-state index contributed by atoms with van der Waals surface area (Å²) in [5, 5.41) is 31.9. The van der Waals surface area contributed by atoms with Crippen molar-refractivity contribution >= 4 is 78.8 Å². The number of carbonyl (C=O) groups is 3. The van der Waals surface area contributed by atoms with E-state index >= 15 is 0 Å². The number of benzene rings is 5. The third-order valence-corrected chi connectivity index (χ3v) is 7.48. The van der Waals surface area contributed by atoms with E-state index in [0.29, 0.717) is 11.4 Å². The van der Waals surface area contributed by atoms with Crippen LogP contribution >= 0.6 is 0 Å². The highest BCUT2D eigenvalue weighted by Gasteiger charge is 2.32. The van der Waals surface area contributed by atoms with E-state index in [1.807, 2.05) is 30.3 Å². The number of rotatable bonds is 10. The summed E-state index contributed by atoms with van der Waals surface area (Å²) < 4.78 is 26.7. The van der Waals surface area contributed by atoms with E-state index in [1.54, 1.807) is 60.7 Å². The number of anilines is 3. The monoisotopic (exact) mass is 634 g/mol. The second-order valence-corrected chi connectivity index (χ2v) is 11.2.